The van der Waals surface area contributed by atoms with Crippen molar-refractivity contribution < 1.29 is 15.4 Å². The number of furan rings is 1. The molecule has 0 atom stereocenters. The number of hydrogen-bond donors (Lipinski definition) is 0. The first-order chi connectivity index (χ1) is 15.2. The lowest BCUT2D eigenvalue weighted by molar-refractivity contribution is 0.644. The number of nitrogens with zero attached hydrogens (tertiary/aromatic N) is 1. The highest BCUT2D eigenvalue weighted by molar-refractivity contribution is 6.10. The molecule has 0 aliphatic heterocycles. The SMILES string of the molecule is [2H]C([2H])([2H])c1cnc(-c2ccc(C([2H])([2H])[2H])c3c2oc2ccccc23)cc1C([2H])([2H])C(C)C. The molecule has 0 saturated heterocycles. The van der Waals surface area contributed by atoms with E-state index in [0.29, 0.717) is 33.2 Å². The normalized spacial score (nSPS) is 18.0. The first kappa shape index (κ1) is 9.19. The fourth-order valence-corrected chi connectivity index (χ4v) is 3.06. The molecule has 0 amide bonds. The number of aromatic nitrogens is 1. The largest absolute Gasteiger partial charge is 0.455 e. The third-order valence-electron chi connectivity index (χ3n) is 4.15. The highest BCUT2D eigenvalue weighted by Crippen LogP contribution is 2.37. The van der Waals surface area contributed by atoms with Gasteiger partial charge < -0.3 is 4.42 Å². The number of benzene rings is 2. The standard InChI is InChI=1S/C23H23NO/c1-14(2)11-17-12-20(24-13-16(17)4)18-10-9-15(3)22-19-7-5-6-8-21(19)25-23(18)22/h5-10,12-14H,11H2,1-4H3/i3D3,4D3,11D2. The summed E-state index contributed by atoms with van der Waals surface area (Å²) in [5.41, 5.74) is 1.63. The minimum Gasteiger partial charge on any atom is -0.455 e. The molecule has 0 aliphatic carbocycles. The molecule has 4 rings (SSSR count). The summed E-state index contributed by atoms with van der Waals surface area (Å²) >= 11 is 0. The predicted octanol–water partition coefficient (Wildman–Crippen LogP) is 6.46. The molecule has 4 aromatic rings. The van der Waals surface area contributed by atoms with Gasteiger partial charge in [-0.2, -0.15) is 0 Å². The van der Waals surface area contributed by atoms with Crippen LogP contribution in [0.3, 0.4) is 0 Å². The predicted molar refractivity (Wildman–Crippen MR) is 105 cm³/mol. The maximum Gasteiger partial charge on any atom is 0.145 e. The Labute approximate surface area is 159 Å². The molecule has 0 aliphatic rings. The van der Waals surface area contributed by atoms with Crippen molar-refractivity contribution in [3.05, 3.63) is 65.4 Å². The van der Waals surface area contributed by atoms with Crippen LogP contribution in [0.15, 0.2) is 53.1 Å². The average Bonchev–Trinajstić information content (AvgIpc) is 3.10. The second kappa shape index (κ2) is 6.03. The molecule has 0 N–H and O–H groups in total. The minimum atomic E-state index is -2.54. The summed E-state index contributed by atoms with van der Waals surface area (Å²) in [6.45, 7) is -1.54. The van der Waals surface area contributed by atoms with Crippen LogP contribution in [-0.4, -0.2) is 4.98 Å². The van der Waals surface area contributed by atoms with Crippen LogP contribution in [0.4, 0.5) is 0 Å². The quantitative estimate of drug-likeness (QED) is 0.428. The zero-order chi connectivity index (χ0) is 24.3. The number of para-hydroxylation sites is 1. The zero-order valence-corrected chi connectivity index (χ0v) is 14.1. The number of aryl methyl sites for hydroxylation is 2. The van der Waals surface area contributed by atoms with Crippen molar-refractivity contribution in [2.75, 3.05) is 0 Å². The van der Waals surface area contributed by atoms with Crippen LogP contribution < -0.4 is 0 Å². The van der Waals surface area contributed by atoms with Gasteiger partial charge in [-0.05, 0) is 60.9 Å². The molecular weight excluding hydrogens is 306 g/mol. The first-order valence-electron chi connectivity index (χ1n) is 12.2. The van der Waals surface area contributed by atoms with Gasteiger partial charge in [0.05, 0.1) is 5.69 Å². The summed E-state index contributed by atoms with van der Waals surface area (Å²) in [6.07, 6.45) is -0.739. The summed E-state index contributed by atoms with van der Waals surface area (Å²) in [5, 5.41) is 1.09. The molecule has 25 heavy (non-hydrogen) atoms. The Morgan fingerprint density at radius 3 is 2.76 bits per heavy atom. The number of hydrogen-bond acceptors (Lipinski definition) is 2. The molecule has 0 saturated carbocycles. The molecule has 0 bridgehead atoms. The van der Waals surface area contributed by atoms with Crippen LogP contribution in [0.1, 0.15) is 41.5 Å². The Bertz CT molecular complexity index is 1350. The molecule has 2 heterocycles. The number of pyridine rings is 1. The average molecular weight is 337 g/mol. The summed E-state index contributed by atoms with van der Waals surface area (Å²) < 4.78 is 70.6. The molecule has 2 heteroatoms. The minimum absolute atomic E-state index is 0.0339. The van der Waals surface area contributed by atoms with Crippen LogP contribution in [0.25, 0.3) is 33.2 Å². The maximum absolute atomic E-state index is 8.56. The number of fused-ring (bicyclic) bond motifs is 3. The van der Waals surface area contributed by atoms with Crippen LogP contribution in [-0.2, 0) is 6.37 Å². The van der Waals surface area contributed by atoms with E-state index in [4.69, 9.17) is 15.4 Å². The zero-order valence-electron chi connectivity index (χ0n) is 22.1. The topological polar surface area (TPSA) is 26.0 Å². The van der Waals surface area contributed by atoms with Crippen molar-refractivity contribution in [1.29, 1.82) is 0 Å². The Morgan fingerprint density at radius 1 is 1.12 bits per heavy atom. The van der Waals surface area contributed by atoms with E-state index in [1.165, 1.54) is 18.3 Å². The van der Waals surface area contributed by atoms with Gasteiger partial charge in [0, 0.05) is 33.5 Å². The molecular formula is C23H23NO. The van der Waals surface area contributed by atoms with E-state index in [2.05, 4.69) is 4.98 Å². The lowest BCUT2D eigenvalue weighted by Crippen LogP contribution is -1.99. The third kappa shape index (κ3) is 2.72. The van der Waals surface area contributed by atoms with E-state index in [0.717, 1.165) is 0 Å². The van der Waals surface area contributed by atoms with Gasteiger partial charge in [0.15, 0.2) is 0 Å². The molecule has 2 nitrogen and oxygen atoms in total. The number of rotatable bonds is 3. The summed E-state index contributed by atoms with van der Waals surface area (Å²) in [4.78, 5) is 4.33. The van der Waals surface area contributed by atoms with Crippen molar-refractivity contribution in [2.24, 2.45) is 5.92 Å². The lowest BCUT2D eigenvalue weighted by Gasteiger charge is -2.11. The van der Waals surface area contributed by atoms with Crippen molar-refractivity contribution in [3.8, 4) is 11.3 Å². The van der Waals surface area contributed by atoms with Crippen LogP contribution >= 0.6 is 0 Å². The molecule has 126 valence electrons. The maximum atomic E-state index is 8.56. The summed E-state index contributed by atoms with van der Waals surface area (Å²) in [7, 11) is 0. The van der Waals surface area contributed by atoms with Crippen LogP contribution in [0.2, 0.25) is 0 Å². The van der Waals surface area contributed by atoms with E-state index in [1.54, 1.807) is 44.2 Å². The third-order valence-corrected chi connectivity index (χ3v) is 4.15. The van der Waals surface area contributed by atoms with Gasteiger partial charge in [-0.3, -0.25) is 4.98 Å². The first-order valence-corrected chi connectivity index (χ1v) is 8.19. The fourth-order valence-electron chi connectivity index (χ4n) is 3.06. The van der Waals surface area contributed by atoms with Crippen molar-refractivity contribution in [1.82, 2.24) is 4.98 Å². The van der Waals surface area contributed by atoms with E-state index < -0.39 is 26.0 Å². The summed E-state index contributed by atoms with van der Waals surface area (Å²) in [5.74, 6) is -0.488. The Kier molecular flexibility index (Phi) is 2.22. The van der Waals surface area contributed by atoms with E-state index in [-0.39, 0.29) is 16.7 Å². The Hall–Kier alpha value is -2.61. The molecule has 2 aromatic carbocycles. The monoisotopic (exact) mass is 337 g/mol. The molecule has 2 aromatic heterocycles. The van der Waals surface area contributed by atoms with Gasteiger partial charge in [0.1, 0.15) is 11.2 Å². The van der Waals surface area contributed by atoms with Gasteiger partial charge >= 0.3 is 0 Å². The second-order valence-electron chi connectivity index (χ2n) is 6.38. The van der Waals surface area contributed by atoms with E-state index >= 15 is 0 Å². The van der Waals surface area contributed by atoms with Gasteiger partial charge in [-0.15, -0.1) is 0 Å². The van der Waals surface area contributed by atoms with E-state index in [1.807, 2.05) is 0 Å². The van der Waals surface area contributed by atoms with Gasteiger partial charge in [0.25, 0.3) is 0 Å². The molecule has 0 radical (unpaired) electrons. The van der Waals surface area contributed by atoms with Gasteiger partial charge in [-0.1, -0.05) is 38.1 Å². The van der Waals surface area contributed by atoms with Crippen LogP contribution in [0.5, 0.6) is 0 Å². The molecule has 0 unspecified atom stereocenters. The smallest absolute Gasteiger partial charge is 0.145 e. The van der Waals surface area contributed by atoms with Crippen molar-refractivity contribution >= 4 is 21.9 Å². The lowest BCUT2D eigenvalue weighted by atomic mass is 9.96. The Balaban J connectivity index is 2.06. The van der Waals surface area contributed by atoms with Crippen LogP contribution in [0, 0.1) is 19.6 Å². The summed E-state index contributed by atoms with van der Waals surface area (Å²) in [6, 6.07) is 11.6. The van der Waals surface area contributed by atoms with Crippen molar-refractivity contribution in [3.63, 3.8) is 0 Å². The van der Waals surface area contributed by atoms with E-state index in [9.17, 15) is 0 Å². The van der Waals surface area contributed by atoms with Crippen molar-refractivity contribution in [2.45, 2.75) is 33.9 Å². The van der Waals surface area contributed by atoms with Gasteiger partial charge in [-0.25, -0.2) is 0 Å². The molecule has 0 spiro atoms. The highest BCUT2D eigenvalue weighted by Gasteiger charge is 2.15. The highest BCUT2D eigenvalue weighted by atomic mass is 16.3. The van der Waals surface area contributed by atoms with Gasteiger partial charge in [0.2, 0.25) is 0 Å². The molecule has 0 fully saturated rings. The Morgan fingerprint density at radius 2 is 1.96 bits per heavy atom. The fraction of sp³-hybridized carbons (Fsp3) is 0.261. The second-order valence-corrected chi connectivity index (χ2v) is 6.38.